The Bertz CT molecular complexity index is 306. The summed E-state index contributed by atoms with van der Waals surface area (Å²) in [6.07, 6.45) is 2.18. The van der Waals surface area contributed by atoms with Gasteiger partial charge in [0.05, 0.1) is 0 Å². The molecule has 0 unspecified atom stereocenters. The molecule has 0 N–H and O–H groups in total. The van der Waals surface area contributed by atoms with Crippen LogP contribution in [0.2, 0.25) is 0 Å². The van der Waals surface area contributed by atoms with Crippen molar-refractivity contribution in [1.29, 1.82) is 0 Å². The van der Waals surface area contributed by atoms with Gasteiger partial charge in [-0.05, 0) is 19.1 Å². The highest BCUT2D eigenvalue weighted by atomic mass is 16.1. The SMILES string of the molecule is CCC(=O)c1ccc(N(C)CC)nc1. The molecule has 76 valence electrons. The van der Waals surface area contributed by atoms with Crippen LogP contribution in [0.4, 0.5) is 5.82 Å². The van der Waals surface area contributed by atoms with E-state index in [1.165, 1.54) is 0 Å². The molecule has 14 heavy (non-hydrogen) atoms. The van der Waals surface area contributed by atoms with Gasteiger partial charge in [0.15, 0.2) is 5.78 Å². The van der Waals surface area contributed by atoms with Crippen LogP contribution in [-0.2, 0) is 0 Å². The Morgan fingerprint density at radius 1 is 1.43 bits per heavy atom. The van der Waals surface area contributed by atoms with Gasteiger partial charge in [-0.1, -0.05) is 6.92 Å². The summed E-state index contributed by atoms with van der Waals surface area (Å²) in [5, 5.41) is 0. The Labute approximate surface area is 84.8 Å². The molecule has 3 nitrogen and oxygen atoms in total. The van der Waals surface area contributed by atoms with E-state index in [-0.39, 0.29) is 5.78 Å². The topological polar surface area (TPSA) is 33.2 Å². The third kappa shape index (κ3) is 2.31. The number of pyridine rings is 1. The van der Waals surface area contributed by atoms with Gasteiger partial charge in [0, 0.05) is 31.8 Å². The first kappa shape index (κ1) is 10.7. The van der Waals surface area contributed by atoms with Crippen LogP contribution in [0.1, 0.15) is 30.6 Å². The lowest BCUT2D eigenvalue weighted by Gasteiger charge is -2.15. The van der Waals surface area contributed by atoms with Crippen LogP contribution in [0.5, 0.6) is 0 Å². The summed E-state index contributed by atoms with van der Waals surface area (Å²) in [4.78, 5) is 17.6. The van der Waals surface area contributed by atoms with Crippen LogP contribution in [0, 0.1) is 0 Å². The molecule has 0 aliphatic heterocycles. The second-order valence-electron chi connectivity index (χ2n) is 3.20. The van der Waals surface area contributed by atoms with E-state index < -0.39 is 0 Å². The summed E-state index contributed by atoms with van der Waals surface area (Å²) in [6, 6.07) is 3.72. The van der Waals surface area contributed by atoms with Crippen LogP contribution in [0.3, 0.4) is 0 Å². The number of carbonyl (C=O) groups is 1. The Morgan fingerprint density at radius 2 is 2.14 bits per heavy atom. The summed E-state index contributed by atoms with van der Waals surface area (Å²) in [5.74, 6) is 1.04. The number of anilines is 1. The molecule has 0 saturated heterocycles. The van der Waals surface area contributed by atoms with Gasteiger partial charge in [-0.15, -0.1) is 0 Å². The molecule has 0 aromatic carbocycles. The fourth-order valence-electron chi connectivity index (χ4n) is 1.14. The maximum atomic E-state index is 11.3. The first-order valence-corrected chi connectivity index (χ1v) is 4.89. The van der Waals surface area contributed by atoms with E-state index in [9.17, 15) is 4.79 Å². The number of Topliss-reactive ketones (excluding diaryl/α,β-unsaturated/α-hetero) is 1. The fraction of sp³-hybridized carbons (Fsp3) is 0.455. The zero-order valence-electron chi connectivity index (χ0n) is 8.95. The third-order valence-corrected chi connectivity index (χ3v) is 2.26. The maximum absolute atomic E-state index is 11.3. The average Bonchev–Trinajstić information content (AvgIpc) is 2.27. The van der Waals surface area contributed by atoms with Crippen molar-refractivity contribution >= 4 is 11.6 Å². The molecule has 0 aliphatic carbocycles. The summed E-state index contributed by atoms with van der Waals surface area (Å²) >= 11 is 0. The number of nitrogens with zero attached hydrogens (tertiary/aromatic N) is 2. The predicted octanol–water partition coefficient (Wildman–Crippen LogP) is 2.13. The van der Waals surface area contributed by atoms with Crippen molar-refractivity contribution in [3.05, 3.63) is 23.9 Å². The number of aromatic nitrogens is 1. The molecule has 1 rings (SSSR count). The van der Waals surface area contributed by atoms with Gasteiger partial charge in [-0.25, -0.2) is 4.98 Å². The standard InChI is InChI=1S/C11H16N2O/c1-4-10(14)9-6-7-11(12-8-9)13(3)5-2/h6-8H,4-5H2,1-3H3. The smallest absolute Gasteiger partial charge is 0.164 e. The minimum atomic E-state index is 0.142. The molecule has 0 amide bonds. The molecular formula is C11H16N2O. The van der Waals surface area contributed by atoms with Crippen molar-refractivity contribution < 1.29 is 4.79 Å². The molecule has 3 heteroatoms. The first-order chi connectivity index (χ1) is 6.69. The van der Waals surface area contributed by atoms with Gasteiger partial charge in [0.1, 0.15) is 5.82 Å². The van der Waals surface area contributed by atoms with E-state index in [0.29, 0.717) is 12.0 Å². The molecule has 0 spiro atoms. The zero-order valence-corrected chi connectivity index (χ0v) is 8.95. The Kier molecular flexibility index (Phi) is 3.63. The Hall–Kier alpha value is -1.38. The lowest BCUT2D eigenvalue weighted by molar-refractivity contribution is 0.0988. The van der Waals surface area contributed by atoms with Gasteiger partial charge in [-0.3, -0.25) is 4.79 Å². The lowest BCUT2D eigenvalue weighted by atomic mass is 10.1. The molecular weight excluding hydrogens is 176 g/mol. The van der Waals surface area contributed by atoms with E-state index in [2.05, 4.69) is 11.9 Å². The first-order valence-electron chi connectivity index (χ1n) is 4.89. The van der Waals surface area contributed by atoms with E-state index in [1.807, 2.05) is 31.0 Å². The highest BCUT2D eigenvalue weighted by Crippen LogP contribution is 2.10. The van der Waals surface area contributed by atoms with E-state index >= 15 is 0 Å². The monoisotopic (exact) mass is 192 g/mol. The molecule has 0 aliphatic rings. The van der Waals surface area contributed by atoms with Crippen LogP contribution in [-0.4, -0.2) is 24.4 Å². The van der Waals surface area contributed by atoms with Crippen molar-refractivity contribution in [1.82, 2.24) is 4.98 Å². The highest BCUT2D eigenvalue weighted by molar-refractivity contribution is 5.95. The number of hydrogen-bond acceptors (Lipinski definition) is 3. The van der Waals surface area contributed by atoms with Gasteiger partial charge in [0.25, 0.3) is 0 Å². The molecule has 1 aromatic rings. The average molecular weight is 192 g/mol. The van der Waals surface area contributed by atoms with Crippen LogP contribution in [0.15, 0.2) is 18.3 Å². The van der Waals surface area contributed by atoms with Gasteiger partial charge in [-0.2, -0.15) is 0 Å². The van der Waals surface area contributed by atoms with E-state index in [4.69, 9.17) is 0 Å². The number of ketones is 1. The Morgan fingerprint density at radius 3 is 2.57 bits per heavy atom. The normalized spacial score (nSPS) is 9.93. The highest BCUT2D eigenvalue weighted by Gasteiger charge is 2.04. The van der Waals surface area contributed by atoms with E-state index in [1.54, 1.807) is 6.20 Å². The third-order valence-electron chi connectivity index (χ3n) is 2.26. The molecule has 1 heterocycles. The lowest BCUT2D eigenvalue weighted by Crippen LogP contribution is -2.17. The summed E-state index contributed by atoms with van der Waals surface area (Å²) < 4.78 is 0. The van der Waals surface area contributed by atoms with Crippen molar-refractivity contribution in [2.75, 3.05) is 18.5 Å². The second kappa shape index (κ2) is 4.74. The number of rotatable bonds is 4. The van der Waals surface area contributed by atoms with Crippen molar-refractivity contribution in [2.24, 2.45) is 0 Å². The minimum Gasteiger partial charge on any atom is -0.360 e. The number of carbonyl (C=O) groups excluding carboxylic acids is 1. The molecule has 0 saturated carbocycles. The van der Waals surface area contributed by atoms with Crippen LogP contribution >= 0.6 is 0 Å². The zero-order chi connectivity index (χ0) is 10.6. The fourth-order valence-corrected chi connectivity index (χ4v) is 1.14. The van der Waals surface area contributed by atoms with Gasteiger partial charge >= 0.3 is 0 Å². The predicted molar refractivity (Wildman–Crippen MR) is 57.8 cm³/mol. The molecule has 0 radical (unpaired) electrons. The van der Waals surface area contributed by atoms with Crippen molar-refractivity contribution in [3.8, 4) is 0 Å². The summed E-state index contributed by atoms with van der Waals surface area (Å²) in [6.45, 7) is 4.83. The largest absolute Gasteiger partial charge is 0.360 e. The maximum Gasteiger partial charge on any atom is 0.164 e. The number of hydrogen-bond donors (Lipinski definition) is 0. The molecule has 0 fully saturated rings. The van der Waals surface area contributed by atoms with Crippen molar-refractivity contribution in [2.45, 2.75) is 20.3 Å². The quantitative estimate of drug-likeness (QED) is 0.685. The van der Waals surface area contributed by atoms with E-state index in [0.717, 1.165) is 12.4 Å². The summed E-state index contributed by atoms with van der Waals surface area (Å²) in [7, 11) is 1.98. The summed E-state index contributed by atoms with van der Waals surface area (Å²) in [5.41, 5.74) is 0.695. The van der Waals surface area contributed by atoms with Crippen LogP contribution < -0.4 is 4.90 Å². The molecule has 0 atom stereocenters. The van der Waals surface area contributed by atoms with Crippen molar-refractivity contribution in [3.63, 3.8) is 0 Å². The van der Waals surface area contributed by atoms with Gasteiger partial charge in [0.2, 0.25) is 0 Å². The molecule has 0 bridgehead atoms. The van der Waals surface area contributed by atoms with Gasteiger partial charge < -0.3 is 4.90 Å². The Balaban J connectivity index is 2.83. The second-order valence-corrected chi connectivity index (χ2v) is 3.20. The minimum absolute atomic E-state index is 0.142. The molecule has 1 aromatic heterocycles. The van der Waals surface area contributed by atoms with Crippen LogP contribution in [0.25, 0.3) is 0 Å².